The summed E-state index contributed by atoms with van der Waals surface area (Å²) in [5, 5.41) is 15.5. The molecule has 0 fully saturated rings. The third-order valence-electron chi connectivity index (χ3n) is 5.25. The smallest absolute Gasteiger partial charge is 0.305 e. The molecule has 2 aromatic heterocycles. The number of nitrogens with zero attached hydrogens (tertiary/aromatic N) is 5. The van der Waals surface area contributed by atoms with E-state index < -0.39 is 0 Å². The largest absolute Gasteiger partial charge is 0.489 e. The lowest BCUT2D eigenvalue weighted by molar-refractivity contribution is -0.143. The van der Waals surface area contributed by atoms with Crippen molar-refractivity contribution in [1.29, 1.82) is 0 Å². The van der Waals surface area contributed by atoms with Gasteiger partial charge in [0.25, 0.3) is 0 Å². The van der Waals surface area contributed by atoms with E-state index in [0.29, 0.717) is 28.9 Å². The highest BCUT2D eigenvalue weighted by Crippen LogP contribution is 2.33. The van der Waals surface area contributed by atoms with Crippen molar-refractivity contribution in [2.75, 3.05) is 19.7 Å². The first-order valence-corrected chi connectivity index (χ1v) is 12.4. The summed E-state index contributed by atoms with van der Waals surface area (Å²) in [5.41, 5.74) is 3.17. The second-order valence-corrected chi connectivity index (χ2v) is 9.55. The van der Waals surface area contributed by atoms with E-state index in [0.717, 1.165) is 48.7 Å². The molecule has 4 rings (SSSR count). The summed E-state index contributed by atoms with van der Waals surface area (Å²) in [4.78, 5) is 13.9. The summed E-state index contributed by atoms with van der Waals surface area (Å²) < 4.78 is 12.5. The molecule has 3 heterocycles. The minimum Gasteiger partial charge on any atom is -0.489 e. The standard InChI is InChI=1S/C23H28ClN5O3S/c1-4-31-21(30)6-5-10-28-11-9-19-17(13-28)14-29(27-19)23-26-25-22(33-23)16-7-8-20(18(24)12-16)32-15(2)3/h7-8,12,14-15H,4-6,9-11,13H2,1-3H3. The number of esters is 1. The number of aromatic nitrogens is 4. The third kappa shape index (κ3) is 5.90. The van der Waals surface area contributed by atoms with E-state index in [-0.39, 0.29) is 12.1 Å². The maximum Gasteiger partial charge on any atom is 0.305 e. The minimum absolute atomic E-state index is 0.0563. The van der Waals surface area contributed by atoms with Gasteiger partial charge in [-0.25, -0.2) is 4.68 Å². The number of benzene rings is 1. The molecule has 8 nitrogen and oxygen atoms in total. The fourth-order valence-electron chi connectivity index (χ4n) is 3.75. The third-order valence-corrected chi connectivity index (χ3v) is 6.51. The van der Waals surface area contributed by atoms with Crippen LogP contribution in [0.3, 0.4) is 0 Å². The number of carbonyl (C=O) groups excluding carboxylic acids is 1. The Labute approximate surface area is 202 Å². The average Bonchev–Trinajstić information content (AvgIpc) is 3.42. The second-order valence-electron chi connectivity index (χ2n) is 8.18. The Kier molecular flexibility index (Phi) is 7.62. The molecule has 1 aliphatic heterocycles. The van der Waals surface area contributed by atoms with Crippen LogP contribution in [0.2, 0.25) is 5.02 Å². The molecule has 10 heteroatoms. The number of hydrogen-bond acceptors (Lipinski definition) is 8. The highest BCUT2D eigenvalue weighted by atomic mass is 35.5. The molecule has 0 atom stereocenters. The van der Waals surface area contributed by atoms with Crippen molar-refractivity contribution in [3.05, 3.63) is 40.7 Å². The second kappa shape index (κ2) is 10.6. The molecule has 33 heavy (non-hydrogen) atoms. The predicted molar refractivity (Wildman–Crippen MR) is 128 cm³/mol. The normalized spacial score (nSPS) is 13.8. The molecule has 0 aliphatic carbocycles. The number of ether oxygens (including phenoxy) is 2. The molecule has 0 spiro atoms. The van der Waals surface area contributed by atoms with Gasteiger partial charge in [0.15, 0.2) is 0 Å². The van der Waals surface area contributed by atoms with Crippen molar-refractivity contribution in [3.63, 3.8) is 0 Å². The van der Waals surface area contributed by atoms with Gasteiger partial charge in [0.2, 0.25) is 5.13 Å². The molecule has 0 saturated heterocycles. The van der Waals surface area contributed by atoms with E-state index in [1.165, 1.54) is 16.9 Å². The Hall–Kier alpha value is -2.49. The van der Waals surface area contributed by atoms with E-state index in [4.69, 9.17) is 26.2 Å². The van der Waals surface area contributed by atoms with Crippen LogP contribution in [0.5, 0.6) is 5.75 Å². The zero-order valence-corrected chi connectivity index (χ0v) is 20.7. The Balaban J connectivity index is 1.41. The molecule has 176 valence electrons. The van der Waals surface area contributed by atoms with Crippen LogP contribution in [0.15, 0.2) is 24.4 Å². The van der Waals surface area contributed by atoms with Gasteiger partial charge < -0.3 is 9.47 Å². The van der Waals surface area contributed by atoms with Crippen LogP contribution in [0.1, 0.15) is 44.9 Å². The summed E-state index contributed by atoms with van der Waals surface area (Å²) in [5.74, 6) is 0.533. The molecule has 0 unspecified atom stereocenters. The van der Waals surface area contributed by atoms with Crippen molar-refractivity contribution < 1.29 is 14.3 Å². The molecule has 0 N–H and O–H groups in total. The Bertz CT molecular complexity index is 1110. The SMILES string of the molecule is CCOC(=O)CCCN1CCc2nn(-c3nnc(-c4ccc(OC(C)C)c(Cl)c4)s3)cc2C1. The summed E-state index contributed by atoms with van der Waals surface area (Å²) in [6.07, 6.45) is 4.22. The van der Waals surface area contributed by atoms with Gasteiger partial charge >= 0.3 is 5.97 Å². The quantitative estimate of drug-likeness (QED) is 0.408. The molecule has 0 saturated carbocycles. The van der Waals surface area contributed by atoms with E-state index in [1.807, 2.05) is 49.8 Å². The van der Waals surface area contributed by atoms with E-state index in [1.54, 1.807) is 0 Å². The van der Waals surface area contributed by atoms with Crippen molar-refractivity contribution in [1.82, 2.24) is 24.9 Å². The fourth-order valence-corrected chi connectivity index (χ4v) is 4.74. The molecular formula is C23H28ClN5O3S. The molecular weight excluding hydrogens is 462 g/mol. The first kappa shape index (κ1) is 23.7. The fraction of sp³-hybridized carbons (Fsp3) is 0.478. The summed E-state index contributed by atoms with van der Waals surface area (Å²) in [6.45, 7) is 8.80. The van der Waals surface area contributed by atoms with Crippen LogP contribution in [-0.4, -0.2) is 56.6 Å². The highest BCUT2D eigenvalue weighted by Gasteiger charge is 2.21. The highest BCUT2D eigenvalue weighted by molar-refractivity contribution is 7.17. The summed E-state index contributed by atoms with van der Waals surface area (Å²) >= 11 is 7.85. The van der Waals surface area contributed by atoms with Gasteiger partial charge in [-0.15, -0.1) is 10.2 Å². The molecule has 1 aliphatic rings. The first-order chi connectivity index (χ1) is 15.9. The summed E-state index contributed by atoms with van der Waals surface area (Å²) in [6, 6.07) is 5.66. The number of fused-ring (bicyclic) bond motifs is 1. The lowest BCUT2D eigenvalue weighted by Crippen LogP contribution is -2.31. The molecule has 1 aromatic carbocycles. The average molecular weight is 490 g/mol. The zero-order chi connectivity index (χ0) is 23.4. The van der Waals surface area contributed by atoms with Gasteiger partial charge in [0.05, 0.1) is 23.4 Å². The number of rotatable bonds is 9. The van der Waals surface area contributed by atoms with Gasteiger partial charge in [-0.1, -0.05) is 22.9 Å². The van der Waals surface area contributed by atoms with E-state index in [2.05, 4.69) is 15.1 Å². The number of hydrogen-bond donors (Lipinski definition) is 0. The predicted octanol–water partition coefficient (Wildman–Crippen LogP) is 4.53. The maximum atomic E-state index is 11.5. The van der Waals surface area contributed by atoms with E-state index in [9.17, 15) is 4.79 Å². The zero-order valence-electron chi connectivity index (χ0n) is 19.1. The van der Waals surface area contributed by atoms with Crippen LogP contribution < -0.4 is 4.74 Å². The van der Waals surface area contributed by atoms with E-state index >= 15 is 0 Å². The first-order valence-electron chi connectivity index (χ1n) is 11.2. The Morgan fingerprint density at radius 1 is 1.30 bits per heavy atom. The minimum atomic E-state index is -0.126. The van der Waals surface area contributed by atoms with Gasteiger partial charge in [0.1, 0.15) is 10.8 Å². The lowest BCUT2D eigenvalue weighted by atomic mass is 10.1. The van der Waals surface area contributed by atoms with Crippen molar-refractivity contribution in [2.24, 2.45) is 0 Å². The Morgan fingerprint density at radius 2 is 2.15 bits per heavy atom. The van der Waals surface area contributed by atoms with Crippen LogP contribution in [0, 0.1) is 0 Å². The van der Waals surface area contributed by atoms with Crippen LogP contribution in [0.4, 0.5) is 0 Å². The number of halogens is 1. The van der Waals surface area contributed by atoms with Gasteiger partial charge in [-0.3, -0.25) is 9.69 Å². The topological polar surface area (TPSA) is 82.4 Å². The number of carbonyl (C=O) groups is 1. The molecule has 0 bridgehead atoms. The molecule has 0 radical (unpaired) electrons. The van der Waals surface area contributed by atoms with Crippen LogP contribution >= 0.6 is 22.9 Å². The van der Waals surface area contributed by atoms with Crippen molar-refractivity contribution in [2.45, 2.75) is 52.7 Å². The van der Waals surface area contributed by atoms with Gasteiger partial charge in [0, 0.05) is 43.3 Å². The Morgan fingerprint density at radius 3 is 2.91 bits per heavy atom. The molecule has 0 amide bonds. The monoisotopic (exact) mass is 489 g/mol. The van der Waals surface area contributed by atoms with Gasteiger partial charge in [-0.2, -0.15) is 5.10 Å². The van der Waals surface area contributed by atoms with Crippen molar-refractivity contribution >= 4 is 28.9 Å². The molecule has 3 aromatic rings. The van der Waals surface area contributed by atoms with Crippen molar-refractivity contribution in [3.8, 4) is 21.5 Å². The lowest BCUT2D eigenvalue weighted by Gasteiger charge is -2.25. The maximum absolute atomic E-state index is 11.5. The van der Waals surface area contributed by atoms with Gasteiger partial charge in [-0.05, 0) is 51.9 Å². The van der Waals surface area contributed by atoms with Crippen LogP contribution in [-0.2, 0) is 22.5 Å². The summed E-state index contributed by atoms with van der Waals surface area (Å²) in [7, 11) is 0. The van der Waals surface area contributed by atoms with Crippen LogP contribution in [0.25, 0.3) is 15.7 Å².